The molecule has 0 amide bonds. The predicted octanol–water partition coefficient (Wildman–Crippen LogP) is 2.98. The van der Waals surface area contributed by atoms with Gasteiger partial charge in [0.25, 0.3) is 9.05 Å². The quantitative estimate of drug-likeness (QED) is 0.766. The Morgan fingerprint density at radius 2 is 2.00 bits per heavy atom. The predicted molar refractivity (Wildman–Crippen MR) is 56.4 cm³/mol. The zero-order valence-electron chi connectivity index (χ0n) is 8.05. The van der Waals surface area contributed by atoms with Crippen molar-refractivity contribution in [2.75, 3.05) is 0 Å². The van der Waals surface area contributed by atoms with Crippen LogP contribution in [0.25, 0.3) is 0 Å². The highest BCUT2D eigenvalue weighted by molar-refractivity contribution is 9.10. The van der Waals surface area contributed by atoms with Crippen molar-refractivity contribution in [3.8, 4) is 5.75 Å². The topological polar surface area (TPSA) is 56.3 Å². The van der Waals surface area contributed by atoms with Crippen LogP contribution in [0.15, 0.2) is 15.6 Å². The van der Waals surface area contributed by atoms with Crippen LogP contribution in [0.4, 0.5) is 13.2 Å². The normalized spacial score (nSPS) is 12.6. The number of halogens is 5. The first-order valence-corrected chi connectivity index (χ1v) is 6.98. The number of hydrogen-bond donors (Lipinski definition) is 0. The first-order valence-electron chi connectivity index (χ1n) is 3.88. The molecule has 96 valence electrons. The number of rotatable bonds is 2. The lowest BCUT2D eigenvalue weighted by atomic mass is 10.3. The van der Waals surface area contributed by atoms with Gasteiger partial charge in [-0.25, -0.2) is 13.4 Å². The first kappa shape index (κ1) is 14.5. The van der Waals surface area contributed by atoms with E-state index in [1.807, 2.05) is 0 Å². The molecule has 0 radical (unpaired) electrons. The Balaban J connectivity index is 3.30. The van der Waals surface area contributed by atoms with E-state index >= 15 is 0 Å². The molecule has 0 spiro atoms. The molecule has 1 heterocycles. The molecule has 1 rings (SSSR count). The van der Waals surface area contributed by atoms with Crippen molar-refractivity contribution in [1.29, 1.82) is 0 Å². The lowest BCUT2D eigenvalue weighted by Crippen LogP contribution is -2.18. The van der Waals surface area contributed by atoms with Gasteiger partial charge in [-0.05, 0) is 28.9 Å². The molecule has 0 aliphatic rings. The van der Waals surface area contributed by atoms with Crippen LogP contribution in [0.3, 0.4) is 0 Å². The largest absolute Gasteiger partial charge is 0.573 e. The van der Waals surface area contributed by atoms with E-state index in [0.717, 1.165) is 13.0 Å². The fraction of sp³-hybridized carbons (Fsp3) is 0.286. The summed E-state index contributed by atoms with van der Waals surface area (Å²) in [6.45, 7) is 1.16. The molecule has 0 atom stereocenters. The van der Waals surface area contributed by atoms with Gasteiger partial charge in [-0.15, -0.1) is 13.2 Å². The molecule has 0 aliphatic heterocycles. The van der Waals surface area contributed by atoms with Crippen molar-refractivity contribution in [3.05, 3.63) is 16.2 Å². The second-order valence-electron chi connectivity index (χ2n) is 2.84. The molecule has 1 aromatic rings. The van der Waals surface area contributed by atoms with Crippen molar-refractivity contribution in [2.45, 2.75) is 18.3 Å². The molecule has 1 aromatic heterocycles. The van der Waals surface area contributed by atoms with Crippen molar-refractivity contribution in [2.24, 2.45) is 0 Å². The Kier molecular flexibility index (Phi) is 3.94. The van der Waals surface area contributed by atoms with Crippen molar-refractivity contribution < 1.29 is 26.3 Å². The molecule has 4 nitrogen and oxygen atoms in total. The number of aromatic nitrogens is 1. The van der Waals surface area contributed by atoms with Crippen LogP contribution in [0.2, 0.25) is 0 Å². The Bertz CT molecular complexity index is 523. The number of ether oxygens (including phenoxy) is 1. The maximum Gasteiger partial charge on any atom is 0.573 e. The summed E-state index contributed by atoms with van der Waals surface area (Å²) in [5.74, 6) is -0.610. The van der Waals surface area contributed by atoms with E-state index in [9.17, 15) is 21.6 Å². The van der Waals surface area contributed by atoms with Gasteiger partial charge in [0.15, 0.2) is 10.8 Å². The van der Waals surface area contributed by atoms with Gasteiger partial charge < -0.3 is 4.74 Å². The lowest BCUT2D eigenvalue weighted by Gasteiger charge is -2.12. The van der Waals surface area contributed by atoms with Gasteiger partial charge in [0.2, 0.25) is 0 Å². The Hall–Kier alpha value is -0.540. The summed E-state index contributed by atoms with van der Waals surface area (Å²) in [4.78, 5) is 3.41. The second kappa shape index (κ2) is 4.62. The zero-order valence-corrected chi connectivity index (χ0v) is 11.2. The molecule has 0 aliphatic carbocycles. The molecule has 17 heavy (non-hydrogen) atoms. The van der Waals surface area contributed by atoms with E-state index in [1.54, 1.807) is 0 Å². The lowest BCUT2D eigenvalue weighted by molar-refractivity contribution is -0.275. The van der Waals surface area contributed by atoms with Gasteiger partial charge in [0.1, 0.15) is 0 Å². The molecule has 0 aromatic carbocycles. The van der Waals surface area contributed by atoms with E-state index in [-0.39, 0.29) is 10.2 Å². The molecule has 0 unspecified atom stereocenters. The highest BCUT2D eigenvalue weighted by Crippen LogP contribution is 2.34. The average Bonchev–Trinajstić information content (AvgIpc) is 2.07. The van der Waals surface area contributed by atoms with Crippen LogP contribution in [0.5, 0.6) is 5.75 Å². The summed E-state index contributed by atoms with van der Waals surface area (Å²) in [5.41, 5.74) is -0.254. The number of alkyl halides is 3. The second-order valence-corrected chi connectivity index (χ2v) is 6.21. The molecule has 0 bridgehead atoms. The Labute approximate surface area is 107 Å². The van der Waals surface area contributed by atoms with Gasteiger partial charge in [0, 0.05) is 10.7 Å². The Morgan fingerprint density at radius 3 is 2.35 bits per heavy atom. The van der Waals surface area contributed by atoms with Gasteiger partial charge in [-0.2, -0.15) is 0 Å². The minimum absolute atomic E-state index is 0.207. The third-order valence-corrected chi connectivity index (χ3v) is 3.31. The van der Waals surface area contributed by atoms with Crippen molar-refractivity contribution in [1.82, 2.24) is 4.98 Å². The van der Waals surface area contributed by atoms with Gasteiger partial charge in [-0.3, -0.25) is 0 Å². The summed E-state index contributed by atoms with van der Waals surface area (Å²) in [6, 6.07) is 0.830. The van der Waals surface area contributed by atoms with Gasteiger partial charge in [-0.1, -0.05) is 0 Å². The first-order chi connectivity index (χ1) is 7.50. The standard InChI is InChI=1S/C7H4BrClF3NO3S/c1-3-6(16-7(10,11)12)4(8)2-5(13-3)17(9,14)15/h2H,1H3. The minimum Gasteiger partial charge on any atom is -0.403 e. The van der Waals surface area contributed by atoms with Crippen LogP contribution in [-0.2, 0) is 9.05 Å². The molecule has 0 fully saturated rings. The summed E-state index contributed by atoms with van der Waals surface area (Å²) in [7, 11) is 0.900. The van der Waals surface area contributed by atoms with Crippen molar-refractivity contribution in [3.63, 3.8) is 0 Å². The van der Waals surface area contributed by atoms with E-state index < -0.39 is 26.2 Å². The fourth-order valence-electron chi connectivity index (χ4n) is 0.958. The maximum atomic E-state index is 12.0. The molecule has 0 saturated carbocycles. The maximum absolute atomic E-state index is 12.0. The summed E-state index contributed by atoms with van der Waals surface area (Å²) >= 11 is 2.75. The van der Waals surface area contributed by atoms with Crippen LogP contribution < -0.4 is 4.74 Å². The number of hydrogen-bond acceptors (Lipinski definition) is 4. The third-order valence-electron chi connectivity index (χ3n) is 1.54. The Morgan fingerprint density at radius 1 is 1.47 bits per heavy atom. The monoisotopic (exact) mass is 353 g/mol. The van der Waals surface area contributed by atoms with E-state index in [2.05, 4.69) is 25.7 Å². The summed E-state index contributed by atoms with van der Waals surface area (Å²) < 4.78 is 61.4. The average molecular weight is 355 g/mol. The smallest absolute Gasteiger partial charge is 0.403 e. The van der Waals surface area contributed by atoms with Gasteiger partial charge >= 0.3 is 6.36 Å². The number of pyridine rings is 1. The molecule has 0 saturated heterocycles. The van der Waals surface area contributed by atoms with Crippen LogP contribution >= 0.6 is 26.6 Å². The SMILES string of the molecule is Cc1nc(S(=O)(=O)Cl)cc(Br)c1OC(F)(F)F. The van der Waals surface area contributed by atoms with Crippen LogP contribution in [0, 0.1) is 6.92 Å². The number of aryl methyl sites for hydroxylation is 1. The van der Waals surface area contributed by atoms with Crippen LogP contribution in [0.1, 0.15) is 5.69 Å². The molecule has 10 heteroatoms. The van der Waals surface area contributed by atoms with E-state index in [1.165, 1.54) is 0 Å². The molecular formula is C7H4BrClF3NO3S. The number of nitrogens with zero attached hydrogens (tertiary/aromatic N) is 1. The summed E-state index contributed by atoms with van der Waals surface area (Å²) in [6.07, 6.45) is -4.89. The van der Waals surface area contributed by atoms with Crippen molar-refractivity contribution >= 4 is 35.7 Å². The molecular weight excluding hydrogens is 350 g/mol. The minimum atomic E-state index is -4.89. The molecule has 0 N–H and O–H groups in total. The van der Waals surface area contributed by atoms with E-state index in [4.69, 9.17) is 10.7 Å². The highest BCUT2D eigenvalue weighted by atomic mass is 79.9. The summed E-state index contributed by atoms with van der Waals surface area (Å²) in [5, 5.41) is -0.557. The van der Waals surface area contributed by atoms with Gasteiger partial charge in [0.05, 0.1) is 10.2 Å². The van der Waals surface area contributed by atoms with E-state index in [0.29, 0.717) is 0 Å². The zero-order chi connectivity index (χ0) is 13.4. The third kappa shape index (κ3) is 4.00. The fourth-order valence-corrected chi connectivity index (χ4v) is 2.44. The van der Waals surface area contributed by atoms with Crippen LogP contribution in [-0.4, -0.2) is 19.8 Å². The highest BCUT2D eigenvalue weighted by Gasteiger charge is 2.33.